The van der Waals surface area contributed by atoms with E-state index in [0.717, 1.165) is 15.9 Å². The van der Waals surface area contributed by atoms with Gasteiger partial charge in [0.05, 0.1) is 29.8 Å². The number of amidine groups is 1. The topological polar surface area (TPSA) is 114 Å². The molecule has 1 aromatic carbocycles. The van der Waals surface area contributed by atoms with E-state index in [1.807, 2.05) is 59.7 Å². The number of carbonyl (C=O) groups excluding carboxylic acids is 2. The van der Waals surface area contributed by atoms with Crippen LogP contribution in [0.15, 0.2) is 23.2 Å². The van der Waals surface area contributed by atoms with Crippen molar-refractivity contribution in [2.24, 2.45) is 10.4 Å². The predicted molar refractivity (Wildman–Crippen MR) is 159 cm³/mol. The Morgan fingerprint density at radius 3 is 1.84 bits per heavy atom. The third-order valence-electron chi connectivity index (χ3n) is 9.02. The second-order valence-electron chi connectivity index (χ2n) is 15.4. The van der Waals surface area contributed by atoms with Crippen LogP contribution in [0.4, 0.5) is 9.59 Å². The number of ether oxygens (including phenoxy) is 5. The van der Waals surface area contributed by atoms with Crippen LogP contribution in [0.2, 0.25) is 0 Å². The van der Waals surface area contributed by atoms with Gasteiger partial charge in [-0.25, -0.2) is 14.6 Å². The van der Waals surface area contributed by atoms with Gasteiger partial charge >= 0.3 is 25.3 Å². The van der Waals surface area contributed by atoms with Crippen LogP contribution in [0.5, 0.6) is 5.75 Å². The Balaban J connectivity index is 1.65. The molecule has 2 fully saturated rings. The van der Waals surface area contributed by atoms with E-state index in [9.17, 15) is 9.59 Å². The first kappa shape index (κ1) is 31.6. The summed E-state index contributed by atoms with van der Waals surface area (Å²) >= 11 is 0. The van der Waals surface area contributed by atoms with Crippen LogP contribution in [0.3, 0.4) is 0 Å². The van der Waals surface area contributed by atoms with E-state index < -0.39 is 58.3 Å². The Morgan fingerprint density at radius 1 is 0.837 bits per heavy atom. The maximum absolute atomic E-state index is 13.5. The van der Waals surface area contributed by atoms with Gasteiger partial charge in [-0.2, -0.15) is 0 Å². The number of amides is 2. The molecule has 1 unspecified atom stereocenters. The minimum atomic E-state index is -1.08. The lowest BCUT2D eigenvalue weighted by atomic mass is 9.55. The molecule has 0 N–H and O–H groups in total. The number of hydrogen-bond donors (Lipinski definition) is 0. The Hall–Kier alpha value is -2.83. The van der Waals surface area contributed by atoms with Gasteiger partial charge in [0.25, 0.3) is 0 Å². The lowest BCUT2D eigenvalue weighted by Gasteiger charge is -2.61. The molecule has 0 radical (unpaired) electrons. The van der Waals surface area contributed by atoms with Gasteiger partial charge in [-0.05, 0) is 94.6 Å². The smallest absolute Gasteiger partial charge is 0.487 e. The molecule has 0 bridgehead atoms. The Morgan fingerprint density at radius 2 is 1.37 bits per heavy atom. The summed E-state index contributed by atoms with van der Waals surface area (Å²) in [5.41, 5.74) is -3.83. The number of fused-ring (bicyclic) bond motifs is 3. The molecule has 4 aliphatic heterocycles. The average molecular weight is 601 g/mol. The van der Waals surface area contributed by atoms with E-state index in [1.54, 1.807) is 41.5 Å². The van der Waals surface area contributed by atoms with Crippen LogP contribution in [-0.4, -0.2) is 78.1 Å². The van der Waals surface area contributed by atoms with Crippen molar-refractivity contribution in [3.63, 3.8) is 0 Å². The third-order valence-corrected chi connectivity index (χ3v) is 9.02. The molecule has 12 heteroatoms. The summed E-state index contributed by atoms with van der Waals surface area (Å²) in [7, 11) is -0.623. The molecular formula is C31H45BN2O9. The molecule has 0 aromatic heterocycles. The molecule has 11 nitrogen and oxygen atoms in total. The zero-order valence-electron chi connectivity index (χ0n) is 27.5. The summed E-state index contributed by atoms with van der Waals surface area (Å²) in [5.74, 6) is 0.609. The molecule has 2 spiro atoms. The van der Waals surface area contributed by atoms with Crippen molar-refractivity contribution < 1.29 is 42.6 Å². The summed E-state index contributed by atoms with van der Waals surface area (Å²) in [5, 5.41) is 0. The Labute approximate surface area is 254 Å². The summed E-state index contributed by atoms with van der Waals surface area (Å²) < 4.78 is 42.5. The highest BCUT2D eigenvalue weighted by atomic mass is 16.7. The SMILES string of the molecule is CC(C)(C)OC(=O)N(C(=O)OC(C)(C)C)C1=NC2(CO1)c1cc(B3OC(C)(C)C(C)(C)O3)ccc1OC(C)(C)C21COC1. The lowest BCUT2D eigenvalue weighted by Crippen LogP contribution is -2.71. The van der Waals surface area contributed by atoms with Crippen LogP contribution >= 0.6 is 0 Å². The van der Waals surface area contributed by atoms with Gasteiger partial charge in [0.1, 0.15) is 34.7 Å². The van der Waals surface area contributed by atoms with E-state index >= 15 is 0 Å². The Kier molecular flexibility index (Phi) is 7.04. The van der Waals surface area contributed by atoms with Crippen LogP contribution < -0.4 is 10.2 Å². The molecule has 2 amide bonds. The highest BCUT2D eigenvalue weighted by molar-refractivity contribution is 6.62. The molecule has 4 heterocycles. The number of hydrogen-bond acceptors (Lipinski definition) is 10. The summed E-state index contributed by atoms with van der Waals surface area (Å²) in [6, 6.07) is 5.57. The highest BCUT2D eigenvalue weighted by Crippen LogP contribution is 2.62. The van der Waals surface area contributed by atoms with Crippen molar-refractivity contribution in [1.82, 2.24) is 4.90 Å². The maximum atomic E-state index is 13.5. The van der Waals surface area contributed by atoms with Crippen molar-refractivity contribution in [3.8, 4) is 5.75 Å². The van der Waals surface area contributed by atoms with Crippen molar-refractivity contribution in [3.05, 3.63) is 23.8 Å². The zero-order valence-corrected chi connectivity index (χ0v) is 27.5. The molecule has 5 rings (SSSR count). The molecular weight excluding hydrogens is 555 g/mol. The van der Waals surface area contributed by atoms with E-state index in [4.69, 9.17) is 38.0 Å². The standard InChI is InChI=1S/C31H45BN2O9/c1-25(2,3)40-23(35)34(24(36)41-26(4,5)6)22-33-31(18-38-22)20-15-19(32-42-27(7,8)28(9,10)43-32)13-14-21(20)39-29(11,12)30(31)16-37-17-30/h13-15H,16-18H2,1-12H3. The number of nitrogens with zero attached hydrogens (tertiary/aromatic N) is 2. The van der Waals surface area contributed by atoms with Crippen molar-refractivity contribution in [2.75, 3.05) is 19.8 Å². The van der Waals surface area contributed by atoms with Gasteiger partial charge in [0, 0.05) is 5.56 Å². The van der Waals surface area contributed by atoms with E-state index in [-0.39, 0.29) is 12.6 Å². The molecule has 0 aliphatic carbocycles. The zero-order chi connectivity index (χ0) is 32.0. The van der Waals surface area contributed by atoms with Crippen molar-refractivity contribution in [2.45, 2.75) is 117 Å². The van der Waals surface area contributed by atoms with Crippen molar-refractivity contribution in [1.29, 1.82) is 0 Å². The Bertz CT molecular complexity index is 1310. The van der Waals surface area contributed by atoms with Gasteiger partial charge in [0.2, 0.25) is 0 Å². The lowest BCUT2D eigenvalue weighted by molar-refractivity contribution is -0.247. The largest absolute Gasteiger partial charge is 0.494 e. The normalized spacial score (nSPS) is 26.1. The van der Waals surface area contributed by atoms with Crippen LogP contribution in [0.1, 0.15) is 88.6 Å². The van der Waals surface area contributed by atoms with Gasteiger partial charge in [-0.1, -0.05) is 12.1 Å². The summed E-state index contributed by atoms with van der Waals surface area (Å²) in [4.78, 5) is 32.8. The van der Waals surface area contributed by atoms with Crippen LogP contribution in [0.25, 0.3) is 0 Å². The van der Waals surface area contributed by atoms with Crippen LogP contribution in [0, 0.1) is 5.41 Å². The fourth-order valence-corrected chi connectivity index (χ4v) is 5.85. The first-order chi connectivity index (χ1) is 19.5. The first-order valence-corrected chi connectivity index (χ1v) is 14.8. The van der Waals surface area contributed by atoms with E-state index in [0.29, 0.717) is 19.0 Å². The van der Waals surface area contributed by atoms with E-state index in [2.05, 4.69) is 0 Å². The monoisotopic (exact) mass is 600 g/mol. The fraction of sp³-hybridized carbons (Fsp3) is 0.710. The molecule has 4 aliphatic rings. The molecule has 236 valence electrons. The fourth-order valence-electron chi connectivity index (χ4n) is 5.85. The van der Waals surface area contributed by atoms with Crippen molar-refractivity contribution >= 4 is 30.8 Å². The average Bonchev–Trinajstić information content (AvgIpc) is 3.28. The van der Waals surface area contributed by atoms with Gasteiger partial charge < -0.3 is 33.0 Å². The van der Waals surface area contributed by atoms with Gasteiger partial charge in [-0.15, -0.1) is 4.90 Å². The van der Waals surface area contributed by atoms with E-state index in [1.165, 1.54) is 0 Å². The van der Waals surface area contributed by atoms with Gasteiger partial charge in [0.15, 0.2) is 0 Å². The maximum Gasteiger partial charge on any atom is 0.494 e. The van der Waals surface area contributed by atoms with Crippen LogP contribution in [-0.2, 0) is 33.8 Å². The molecule has 0 saturated carbocycles. The third kappa shape index (κ3) is 5.09. The number of aliphatic imine (C=N–C) groups is 1. The number of rotatable bonds is 1. The minimum absolute atomic E-state index is 0.0282. The number of imide groups is 1. The molecule has 1 aromatic rings. The second-order valence-corrected chi connectivity index (χ2v) is 15.4. The molecule has 43 heavy (non-hydrogen) atoms. The second kappa shape index (κ2) is 9.59. The molecule has 1 atom stereocenters. The predicted octanol–water partition coefficient (Wildman–Crippen LogP) is 4.93. The molecule has 2 saturated heterocycles. The first-order valence-electron chi connectivity index (χ1n) is 14.8. The van der Waals surface area contributed by atoms with Gasteiger partial charge in [-0.3, -0.25) is 0 Å². The minimum Gasteiger partial charge on any atom is -0.487 e. The highest BCUT2D eigenvalue weighted by Gasteiger charge is 2.72. The number of benzene rings is 1. The quantitative estimate of drug-likeness (QED) is 0.414. The summed E-state index contributed by atoms with van der Waals surface area (Å²) in [6.45, 7) is 23.0. The number of carbonyl (C=O) groups is 2. The summed E-state index contributed by atoms with van der Waals surface area (Å²) in [6.07, 6.45) is -1.90.